The molecule has 114 valence electrons. The van der Waals surface area contributed by atoms with E-state index in [0.29, 0.717) is 13.1 Å². The minimum atomic E-state index is -0.158. The van der Waals surface area contributed by atoms with Crippen LogP contribution < -0.4 is 10.2 Å². The van der Waals surface area contributed by atoms with Crippen molar-refractivity contribution < 1.29 is 8.81 Å². The number of rotatable bonds is 8. The van der Waals surface area contributed by atoms with Crippen molar-refractivity contribution in [2.45, 2.75) is 33.4 Å². The molecule has 0 amide bonds. The second-order valence-electron chi connectivity index (χ2n) is 5.01. The van der Waals surface area contributed by atoms with Gasteiger partial charge >= 0.3 is 0 Å². The van der Waals surface area contributed by atoms with E-state index in [4.69, 9.17) is 4.42 Å². The van der Waals surface area contributed by atoms with Gasteiger partial charge in [0.1, 0.15) is 11.6 Å². The van der Waals surface area contributed by atoms with E-state index >= 15 is 0 Å². The molecule has 0 atom stereocenters. The van der Waals surface area contributed by atoms with Crippen molar-refractivity contribution >= 4 is 5.69 Å². The highest BCUT2D eigenvalue weighted by molar-refractivity contribution is 5.54. The van der Waals surface area contributed by atoms with Gasteiger partial charge in [-0.15, -0.1) is 0 Å². The summed E-state index contributed by atoms with van der Waals surface area (Å²) >= 11 is 0. The summed E-state index contributed by atoms with van der Waals surface area (Å²) in [6.45, 7) is 7.04. The minimum Gasteiger partial charge on any atom is -0.467 e. The summed E-state index contributed by atoms with van der Waals surface area (Å²) < 4.78 is 19.6. The lowest BCUT2D eigenvalue weighted by Crippen LogP contribution is -2.25. The summed E-state index contributed by atoms with van der Waals surface area (Å²) in [5.74, 6) is 0.725. The van der Waals surface area contributed by atoms with Crippen LogP contribution in [0.2, 0.25) is 0 Å². The summed E-state index contributed by atoms with van der Waals surface area (Å²) in [6.07, 6.45) is 2.70. The highest BCUT2D eigenvalue weighted by atomic mass is 19.1. The standard InChI is InChI=1S/C17H23FN2O/c1-3-10-19-12-15-16(18)8-5-9-17(15)20(4-2)13-14-7-6-11-21-14/h5-9,11,19H,3-4,10,12-13H2,1-2H3. The second kappa shape index (κ2) is 7.84. The number of nitrogens with zero attached hydrogens (tertiary/aromatic N) is 1. The molecule has 3 nitrogen and oxygen atoms in total. The van der Waals surface area contributed by atoms with Crippen LogP contribution in [-0.2, 0) is 13.1 Å². The molecule has 2 rings (SSSR count). The number of hydrogen-bond donors (Lipinski definition) is 1. The Balaban J connectivity index is 2.21. The van der Waals surface area contributed by atoms with E-state index in [9.17, 15) is 4.39 Å². The van der Waals surface area contributed by atoms with Crippen LogP contribution in [0.3, 0.4) is 0 Å². The fraction of sp³-hybridized carbons (Fsp3) is 0.412. The lowest BCUT2D eigenvalue weighted by molar-refractivity contribution is 0.502. The van der Waals surface area contributed by atoms with Gasteiger partial charge in [-0.2, -0.15) is 0 Å². The van der Waals surface area contributed by atoms with Gasteiger partial charge in [0.15, 0.2) is 0 Å². The van der Waals surface area contributed by atoms with E-state index in [1.165, 1.54) is 6.07 Å². The lowest BCUT2D eigenvalue weighted by atomic mass is 10.1. The van der Waals surface area contributed by atoms with E-state index in [1.807, 2.05) is 18.2 Å². The lowest BCUT2D eigenvalue weighted by Gasteiger charge is -2.25. The van der Waals surface area contributed by atoms with E-state index < -0.39 is 0 Å². The number of anilines is 1. The van der Waals surface area contributed by atoms with Crippen molar-refractivity contribution in [3.05, 3.63) is 53.7 Å². The number of furan rings is 1. The molecule has 4 heteroatoms. The van der Waals surface area contributed by atoms with Gasteiger partial charge in [0.25, 0.3) is 0 Å². The van der Waals surface area contributed by atoms with Gasteiger partial charge in [0, 0.05) is 24.3 Å². The van der Waals surface area contributed by atoms with Gasteiger partial charge < -0.3 is 14.6 Å². The zero-order chi connectivity index (χ0) is 15.1. The Kier molecular flexibility index (Phi) is 5.81. The van der Waals surface area contributed by atoms with E-state index in [-0.39, 0.29) is 5.82 Å². The summed E-state index contributed by atoms with van der Waals surface area (Å²) in [7, 11) is 0. The predicted octanol–water partition coefficient (Wildman–Crippen LogP) is 3.94. The molecule has 0 aliphatic heterocycles. The average Bonchev–Trinajstić information content (AvgIpc) is 3.00. The van der Waals surface area contributed by atoms with Crippen LogP contribution in [0.5, 0.6) is 0 Å². The SMILES string of the molecule is CCCNCc1c(F)cccc1N(CC)Cc1ccco1. The first-order valence-corrected chi connectivity index (χ1v) is 7.51. The fourth-order valence-electron chi connectivity index (χ4n) is 2.37. The smallest absolute Gasteiger partial charge is 0.129 e. The topological polar surface area (TPSA) is 28.4 Å². The van der Waals surface area contributed by atoms with Crippen molar-refractivity contribution in [3.63, 3.8) is 0 Å². The quantitative estimate of drug-likeness (QED) is 0.746. The Morgan fingerprint density at radius 2 is 2.05 bits per heavy atom. The molecule has 2 aromatic rings. The van der Waals surface area contributed by atoms with Crippen LogP contribution in [0.4, 0.5) is 10.1 Å². The number of benzene rings is 1. The van der Waals surface area contributed by atoms with Gasteiger partial charge in [-0.25, -0.2) is 4.39 Å². The number of halogens is 1. The first-order valence-electron chi connectivity index (χ1n) is 7.51. The van der Waals surface area contributed by atoms with Crippen molar-refractivity contribution in [1.82, 2.24) is 5.32 Å². The third-order valence-electron chi connectivity index (χ3n) is 3.47. The molecule has 0 aliphatic rings. The molecule has 0 fully saturated rings. The second-order valence-corrected chi connectivity index (χ2v) is 5.01. The maximum Gasteiger partial charge on any atom is 0.129 e. The minimum absolute atomic E-state index is 0.158. The molecule has 0 saturated carbocycles. The number of hydrogen-bond acceptors (Lipinski definition) is 3. The van der Waals surface area contributed by atoms with E-state index in [0.717, 1.165) is 36.5 Å². The molecule has 0 aliphatic carbocycles. The molecular weight excluding hydrogens is 267 g/mol. The summed E-state index contributed by atoms with van der Waals surface area (Å²) in [5.41, 5.74) is 1.65. The molecule has 1 aromatic carbocycles. The number of nitrogens with one attached hydrogen (secondary N) is 1. The first-order chi connectivity index (χ1) is 10.3. The molecule has 1 heterocycles. The molecule has 0 bridgehead atoms. The monoisotopic (exact) mass is 290 g/mol. The normalized spacial score (nSPS) is 10.8. The predicted molar refractivity (Wildman–Crippen MR) is 83.8 cm³/mol. The molecular formula is C17H23FN2O. The van der Waals surface area contributed by atoms with Gasteiger partial charge in [0.2, 0.25) is 0 Å². The Bertz CT molecular complexity index is 540. The molecule has 0 unspecified atom stereocenters. The van der Waals surface area contributed by atoms with Crippen molar-refractivity contribution in [1.29, 1.82) is 0 Å². The van der Waals surface area contributed by atoms with Gasteiger partial charge in [-0.3, -0.25) is 0 Å². The summed E-state index contributed by atoms with van der Waals surface area (Å²) in [5, 5.41) is 3.28. The summed E-state index contributed by atoms with van der Waals surface area (Å²) in [6, 6.07) is 9.07. The summed E-state index contributed by atoms with van der Waals surface area (Å²) in [4.78, 5) is 2.13. The van der Waals surface area contributed by atoms with E-state index in [1.54, 1.807) is 12.3 Å². The molecule has 0 saturated heterocycles. The Hall–Kier alpha value is -1.81. The highest BCUT2D eigenvalue weighted by Gasteiger charge is 2.14. The van der Waals surface area contributed by atoms with Crippen molar-refractivity contribution in [3.8, 4) is 0 Å². The van der Waals surface area contributed by atoms with Crippen LogP contribution in [0.25, 0.3) is 0 Å². The van der Waals surface area contributed by atoms with Gasteiger partial charge in [0.05, 0.1) is 12.8 Å². The first kappa shape index (κ1) is 15.6. The van der Waals surface area contributed by atoms with Crippen molar-refractivity contribution in [2.24, 2.45) is 0 Å². The maximum atomic E-state index is 14.2. The maximum absolute atomic E-state index is 14.2. The van der Waals surface area contributed by atoms with Crippen LogP contribution in [0.1, 0.15) is 31.6 Å². The van der Waals surface area contributed by atoms with Gasteiger partial charge in [-0.05, 0) is 44.2 Å². The van der Waals surface area contributed by atoms with Crippen LogP contribution in [0.15, 0.2) is 41.0 Å². The molecule has 21 heavy (non-hydrogen) atoms. The van der Waals surface area contributed by atoms with Crippen LogP contribution in [0, 0.1) is 5.82 Å². The molecule has 0 spiro atoms. The fourth-order valence-corrected chi connectivity index (χ4v) is 2.37. The van der Waals surface area contributed by atoms with Crippen molar-refractivity contribution in [2.75, 3.05) is 18.0 Å². The Morgan fingerprint density at radius 1 is 1.19 bits per heavy atom. The third-order valence-corrected chi connectivity index (χ3v) is 3.47. The Labute approximate surface area is 125 Å². The van der Waals surface area contributed by atoms with E-state index in [2.05, 4.69) is 24.1 Å². The average molecular weight is 290 g/mol. The zero-order valence-electron chi connectivity index (χ0n) is 12.7. The van der Waals surface area contributed by atoms with Crippen LogP contribution >= 0.6 is 0 Å². The Morgan fingerprint density at radius 3 is 2.71 bits per heavy atom. The molecule has 1 aromatic heterocycles. The molecule has 0 radical (unpaired) electrons. The zero-order valence-corrected chi connectivity index (χ0v) is 12.7. The third kappa shape index (κ3) is 4.08. The largest absolute Gasteiger partial charge is 0.467 e. The highest BCUT2D eigenvalue weighted by Crippen LogP contribution is 2.25. The molecule has 1 N–H and O–H groups in total. The van der Waals surface area contributed by atoms with Crippen LogP contribution in [-0.4, -0.2) is 13.1 Å². The van der Waals surface area contributed by atoms with Gasteiger partial charge in [-0.1, -0.05) is 13.0 Å².